The molecule has 0 aliphatic rings. The van der Waals surface area contributed by atoms with Gasteiger partial charge in [0, 0.05) is 24.5 Å². The Morgan fingerprint density at radius 3 is 1.62 bits per heavy atom. The van der Waals surface area contributed by atoms with Crippen molar-refractivity contribution in [1.29, 1.82) is 0 Å². The number of rotatable bonds is 5. The van der Waals surface area contributed by atoms with E-state index in [9.17, 15) is 0 Å². The number of hydrogen-bond acceptors (Lipinski definition) is 4. The monoisotopic (exact) mass is 360 g/mol. The van der Waals surface area contributed by atoms with E-state index in [-0.39, 0.29) is 12.2 Å². The van der Waals surface area contributed by atoms with E-state index in [0.29, 0.717) is 11.8 Å². The summed E-state index contributed by atoms with van der Waals surface area (Å²) >= 11 is 0. The van der Waals surface area contributed by atoms with Gasteiger partial charge >= 0.3 is 0 Å². The molecule has 4 nitrogen and oxygen atoms in total. The highest BCUT2D eigenvalue weighted by Gasteiger charge is 2.03. The first kappa shape index (κ1) is 23.9. The lowest BCUT2D eigenvalue weighted by atomic mass is 10.1. The van der Waals surface area contributed by atoms with Crippen LogP contribution < -0.4 is 9.47 Å². The van der Waals surface area contributed by atoms with Crippen LogP contribution in [-0.2, 0) is 0 Å². The van der Waals surface area contributed by atoms with Crippen LogP contribution in [0.15, 0.2) is 36.7 Å². The summed E-state index contributed by atoms with van der Waals surface area (Å²) in [6.07, 6.45) is 3.94. The molecule has 2 heterocycles. The smallest absolute Gasteiger partial charge is 0.213 e. The van der Waals surface area contributed by atoms with Gasteiger partial charge in [0.2, 0.25) is 11.8 Å². The molecule has 146 valence electrons. The maximum Gasteiger partial charge on any atom is 0.213 e. The lowest BCUT2D eigenvalue weighted by molar-refractivity contribution is 0.232. The van der Waals surface area contributed by atoms with Gasteiger partial charge in [0.25, 0.3) is 0 Å². The maximum absolute atomic E-state index is 5.49. The summed E-state index contributed by atoms with van der Waals surface area (Å²) < 4.78 is 10.9. The van der Waals surface area contributed by atoms with Crippen LogP contribution in [0, 0.1) is 6.92 Å². The summed E-state index contributed by atoms with van der Waals surface area (Å²) in [6.45, 7) is 18.3. The SMILES string of the molecule is CC.CC(C)Oc1cc(C(C)C)ccn1.Cc1ccnc(OC(C)C)c1. The molecule has 4 heteroatoms. The average molecular weight is 361 g/mol. The topological polar surface area (TPSA) is 44.2 Å². The van der Waals surface area contributed by atoms with E-state index in [4.69, 9.17) is 9.47 Å². The molecule has 0 aliphatic heterocycles. The molecule has 0 saturated heterocycles. The molecule has 0 aliphatic carbocycles. The van der Waals surface area contributed by atoms with Crippen LogP contribution in [0.5, 0.6) is 11.8 Å². The quantitative estimate of drug-likeness (QED) is 0.637. The third kappa shape index (κ3) is 10.7. The first-order valence-electron chi connectivity index (χ1n) is 9.49. The van der Waals surface area contributed by atoms with E-state index in [1.54, 1.807) is 12.4 Å². The molecule has 0 atom stereocenters. The van der Waals surface area contributed by atoms with Crippen LogP contribution in [0.4, 0.5) is 0 Å². The minimum atomic E-state index is 0.190. The Morgan fingerprint density at radius 1 is 0.731 bits per heavy atom. The van der Waals surface area contributed by atoms with Crippen LogP contribution in [0.1, 0.15) is 72.4 Å². The Balaban J connectivity index is 0.000000444. The second kappa shape index (κ2) is 13.2. The molecule has 0 aromatic carbocycles. The molecule has 2 aromatic rings. The first-order valence-corrected chi connectivity index (χ1v) is 9.49. The van der Waals surface area contributed by atoms with Crippen molar-refractivity contribution >= 4 is 0 Å². The summed E-state index contributed by atoms with van der Waals surface area (Å²) in [6, 6.07) is 7.91. The molecular formula is C22H36N2O2. The molecule has 26 heavy (non-hydrogen) atoms. The van der Waals surface area contributed by atoms with Gasteiger partial charge in [-0.1, -0.05) is 27.7 Å². The minimum absolute atomic E-state index is 0.190. The van der Waals surface area contributed by atoms with Gasteiger partial charge in [0.05, 0.1) is 12.2 Å². The second-order valence-corrected chi connectivity index (χ2v) is 6.59. The summed E-state index contributed by atoms with van der Waals surface area (Å²) in [5, 5.41) is 0. The molecule has 0 radical (unpaired) electrons. The molecule has 0 saturated carbocycles. The lowest BCUT2D eigenvalue weighted by Gasteiger charge is -2.10. The van der Waals surface area contributed by atoms with Crippen molar-refractivity contribution < 1.29 is 9.47 Å². The van der Waals surface area contributed by atoms with Crippen molar-refractivity contribution in [1.82, 2.24) is 9.97 Å². The lowest BCUT2D eigenvalue weighted by Crippen LogP contribution is -2.07. The molecule has 0 fully saturated rings. The number of nitrogens with zero attached hydrogens (tertiary/aromatic N) is 2. The number of pyridine rings is 2. The highest BCUT2D eigenvalue weighted by atomic mass is 16.5. The zero-order valence-corrected chi connectivity index (χ0v) is 17.9. The molecule has 0 spiro atoms. The fraction of sp³-hybridized carbons (Fsp3) is 0.545. The van der Waals surface area contributed by atoms with E-state index in [1.807, 2.05) is 72.7 Å². The van der Waals surface area contributed by atoms with E-state index in [2.05, 4.69) is 23.8 Å². The van der Waals surface area contributed by atoms with Crippen molar-refractivity contribution in [2.45, 2.75) is 80.4 Å². The van der Waals surface area contributed by atoms with E-state index in [0.717, 1.165) is 5.88 Å². The van der Waals surface area contributed by atoms with Crippen LogP contribution >= 0.6 is 0 Å². The van der Waals surface area contributed by atoms with Crippen molar-refractivity contribution in [2.75, 3.05) is 0 Å². The summed E-state index contributed by atoms with van der Waals surface area (Å²) in [7, 11) is 0. The fourth-order valence-corrected chi connectivity index (χ4v) is 1.90. The number of aryl methyl sites for hydroxylation is 1. The van der Waals surface area contributed by atoms with Crippen molar-refractivity contribution in [3.05, 3.63) is 47.8 Å². The van der Waals surface area contributed by atoms with Gasteiger partial charge < -0.3 is 9.47 Å². The Morgan fingerprint density at radius 2 is 1.19 bits per heavy atom. The predicted octanol–water partition coefficient (Wildman–Crippen LogP) is 6.20. The largest absolute Gasteiger partial charge is 0.475 e. The summed E-state index contributed by atoms with van der Waals surface area (Å²) in [5.41, 5.74) is 2.45. The van der Waals surface area contributed by atoms with Gasteiger partial charge in [-0.25, -0.2) is 9.97 Å². The normalized spacial score (nSPS) is 10.0. The van der Waals surface area contributed by atoms with Gasteiger partial charge in [-0.15, -0.1) is 0 Å². The van der Waals surface area contributed by atoms with Crippen LogP contribution in [0.3, 0.4) is 0 Å². The van der Waals surface area contributed by atoms with Crippen molar-refractivity contribution in [3.63, 3.8) is 0 Å². The maximum atomic E-state index is 5.49. The first-order chi connectivity index (χ1) is 12.3. The summed E-state index contributed by atoms with van der Waals surface area (Å²) in [5.74, 6) is 1.96. The Labute approximate surface area is 160 Å². The van der Waals surface area contributed by atoms with Crippen molar-refractivity contribution in [2.24, 2.45) is 0 Å². The van der Waals surface area contributed by atoms with Gasteiger partial charge in [0.1, 0.15) is 0 Å². The standard InChI is InChI=1S/C11H17NO.C9H13NO.C2H6/c1-8(2)10-5-6-12-11(7-10)13-9(3)4;1-7(2)11-9-6-8(3)4-5-10-9;1-2/h5-9H,1-4H3;4-7H,1-3H3;1-2H3. The van der Waals surface area contributed by atoms with Crippen molar-refractivity contribution in [3.8, 4) is 11.8 Å². The van der Waals surface area contributed by atoms with Gasteiger partial charge in [-0.2, -0.15) is 0 Å². The highest BCUT2D eigenvalue weighted by Crippen LogP contribution is 2.18. The Hall–Kier alpha value is -2.10. The van der Waals surface area contributed by atoms with E-state index >= 15 is 0 Å². The van der Waals surface area contributed by atoms with Crippen LogP contribution in [-0.4, -0.2) is 22.2 Å². The Kier molecular flexibility index (Phi) is 12.1. The molecule has 0 bridgehead atoms. The van der Waals surface area contributed by atoms with Gasteiger partial charge in [-0.3, -0.25) is 0 Å². The highest BCUT2D eigenvalue weighted by molar-refractivity contribution is 5.23. The number of ether oxygens (including phenoxy) is 2. The number of hydrogen-bond donors (Lipinski definition) is 0. The zero-order valence-electron chi connectivity index (χ0n) is 17.9. The minimum Gasteiger partial charge on any atom is -0.475 e. The van der Waals surface area contributed by atoms with Crippen LogP contribution in [0.2, 0.25) is 0 Å². The molecule has 0 N–H and O–H groups in total. The summed E-state index contributed by atoms with van der Waals surface area (Å²) in [4.78, 5) is 8.20. The third-order valence-electron chi connectivity index (χ3n) is 3.03. The van der Waals surface area contributed by atoms with E-state index < -0.39 is 0 Å². The molecule has 2 rings (SSSR count). The predicted molar refractivity (Wildman–Crippen MR) is 110 cm³/mol. The number of aromatic nitrogens is 2. The van der Waals surface area contributed by atoms with E-state index in [1.165, 1.54) is 11.1 Å². The molecular weight excluding hydrogens is 324 g/mol. The van der Waals surface area contributed by atoms with Gasteiger partial charge in [0.15, 0.2) is 0 Å². The van der Waals surface area contributed by atoms with Gasteiger partial charge in [-0.05, 0) is 63.8 Å². The second-order valence-electron chi connectivity index (χ2n) is 6.59. The molecule has 0 amide bonds. The third-order valence-corrected chi connectivity index (χ3v) is 3.03. The fourth-order valence-electron chi connectivity index (χ4n) is 1.90. The molecule has 2 aromatic heterocycles. The zero-order chi connectivity index (χ0) is 20.1. The average Bonchev–Trinajstić information content (AvgIpc) is 2.56. The van der Waals surface area contributed by atoms with Crippen LogP contribution in [0.25, 0.3) is 0 Å². The Bertz CT molecular complexity index is 611. The molecule has 0 unspecified atom stereocenters.